The molecule has 25 heavy (non-hydrogen) atoms. The molecule has 1 heterocycles. The fourth-order valence-corrected chi connectivity index (χ4v) is 4.38. The summed E-state index contributed by atoms with van der Waals surface area (Å²) in [4.78, 5) is 39.3. The van der Waals surface area contributed by atoms with E-state index in [0.29, 0.717) is 11.3 Å². The Morgan fingerprint density at radius 1 is 1.08 bits per heavy atom. The van der Waals surface area contributed by atoms with Crippen molar-refractivity contribution < 1.29 is 19.1 Å². The molecule has 5 nitrogen and oxygen atoms in total. The number of ether oxygens (including phenoxy) is 1. The van der Waals surface area contributed by atoms with E-state index in [1.165, 1.54) is 4.90 Å². The normalized spacial score (nSPS) is 30.1. The summed E-state index contributed by atoms with van der Waals surface area (Å²) in [7, 11) is 0. The Kier molecular flexibility index (Phi) is 3.74. The molecule has 1 aliphatic heterocycles. The van der Waals surface area contributed by atoms with Crippen LogP contribution in [-0.4, -0.2) is 23.9 Å². The Morgan fingerprint density at radius 3 is 2.20 bits per heavy atom. The van der Waals surface area contributed by atoms with Gasteiger partial charge in [0.2, 0.25) is 11.8 Å². The smallest absolute Gasteiger partial charge is 0.338 e. The SMILES string of the molecule is CC(C)OC(=O)c1cccc(N2C(=O)[C@@H]3[C@H](C2=O)[C@H]2C=C[C@H]3CC2)c1. The number of rotatable bonds is 3. The summed E-state index contributed by atoms with van der Waals surface area (Å²) in [5.41, 5.74) is 0.810. The second-order valence-corrected chi connectivity index (χ2v) is 7.36. The van der Waals surface area contributed by atoms with Crippen molar-refractivity contribution in [2.45, 2.75) is 32.8 Å². The lowest BCUT2D eigenvalue weighted by Crippen LogP contribution is -2.38. The molecule has 0 aromatic heterocycles. The van der Waals surface area contributed by atoms with Crippen molar-refractivity contribution in [3.63, 3.8) is 0 Å². The van der Waals surface area contributed by atoms with Crippen LogP contribution in [0.2, 0.25) is 0 Å². The van der Waals surface area contributed by atoms with Crippen molar-refractivity contribution in [2.75, 3.05) is 4.90 Å². The first-order valence-corrected chi connectivity index (χ1v) is 8.84. The monoisotopic (exact) mass is 339 g/mol. The molecule has 1 saturated carbocycles. The zero-order valence-corrected chi connectivity index (χ0v) is 14.3. The van der Waals surface area contributed by atoms with Crippen molar-refractivity contribution in [1.29, 1.82) is 0 Å². The highest BCUT2D eigenvalue weighted by molar-refractivity contribution is 6.22. The van der Waals surface area contributed by atoms with Gasteiger partial charge in [-0.25, -0.2) is 9.69 Å². The number of fused-ring (bicyclic) bond motifs is 1. The van der Waals surface area contributed by atoms with E-state index in [-0.39, 0.29) is 41.6 Å². The van der Waals surface area contributed by atoms with Crippen LogP contribution >= 0.6 is 0 Å². The molecule has 5 heteroatoms. The van der Waals surface area contributed by atoms with Gasteiger partial charge in [0.05, 0.1) is 29.2 Å². The van der Waals surface area contributed by atoms with Gasteiger partial charge < -0.3 is 4.74 Å². The Hall–Kier alpha value is -2.43. The maximum Gasteiger partial charge on any atom is 0.338 e. The summed E-state index contributed by atoms with van der Waals surface area (Å²) in [6.07, 6.45) is 5.91. The van der Waals surface area contributed by atoms with Crippen LogP contribution in [-0.2, 0) is 14.3 Å². The van der Waals surface area contributed by atoms with Crippen LogP contribution < -0.4 is 4.90 Å². The molecule has 0 unspecified atom stereocenters. The van der Waals surface area contributed by atoms with E-state index in [1.807, 2.05) is 0 Å². The minimum atomic E-state index is -0.449. The van der Waals surface area contributed by atoms with E-state index in [2.05, 4.69) is 12.2 Å². The first kappa shape index (κ1) is 16.1. The van der Waals surface area contributed by atoms with E-state index >= 15 is 0 Å². The average molecular weight is 339 g/mol. The largest absolute Gasteiger partial charge is 0.459 e. The topological polar surface area (TPSA) is 63.7 Å². The molecule has 4 aliphatic rings. The number of anilines is 1. The van der Waals surface area contributed by atoms with Gasteiger partial charge in [-0.15, -0.1) is 0 Å². The van der Waals surface area contributed by atoms with Gasteiger partial charge in [-0.1, -0.05) is 18.2 Å². The molecule has 0 spiro atoms. The molecular weight excluding hydrogens is 318 g/mol. The van der Waals surface area contributed by atoms with Crippen molar-refractivity contribution in [1.82, 2.24) is 0 Å². The number of esters is 1. The van der Waals surface area contributed by atoms with Gasteiger partial charge in [0.1, 0.15) is 0 Å². The van der Waals surface area contributed by atoms with E-state index in [0.717, 1.165) is 12.8 Å². The third-order valence-corrected chi connectivity index (χ3v) is 5.44. The second-order valence-electron chi connectivity index (χ2n) is 7.36. The third-order valence-electron chi connectivity index (χ3n) is 5.44. The summed E-state index contributed by atoms with van der Waals surface area (Å²) in [6, 6.07) is 6.60. The Morgan fingerprint density at radius 2 is 1.68 bits per heavy atom. The van der Waals surface area contributed by atoms with Crippen LogP contribution in [0.1, 0.15) is 37.0 Å². The summed E-state index contributed by atoms with van der Waals surface area (Å²) < 4.78 is 5.21. The van der Waals surface area contributed by atoms with E-state index in [4.69, 9.17) is 4.74 Å². The highest BCUT2D eigenvalue weighted by Gasteiger charge is 2.56. The maximum absolute atomic E-state index is 13.0. The molecule has 0 radical (unpaired) electrons. The molecule has 2 bridgehead atoms. The van der Waals surface area contributed by atoms with Crippen molar-refractivity contribution in [3.05, 3.63) is 42.0 Å². The quantitative estimate of drug-likeness (QED) is 0.482. The summed E-state index contributed by atoms with van der Waals surface area (Å²) >= 11 is 0. The molecule has 2 amide bonds. The second kappa shape index (κ2) is 5.83. The minimum Gasteiger partial charge on any atom is -0.459 e. The molecule has 0 N–H and O–H groups in total. The van der Waals surface area contributed by atoms with E-state index < -0.39 is 5.97 Å². The van der Waals surface area contributed by atoms with Crippen LogP contribution in [0.25, 0.3) is 0 Å². The molecule has 1 aromatic rings. The van der Waals surface area contributed by atoms with Gasteiger partial charge >= 0.3 is 5.97 Å². The molecule has 4 atom stereocenters. The number of hydrogen-bond donors (Lipinski definition) is 0. The van der Waals surface area contributed by atoms with Crippen molar-refractivity contribution in [3.8, 4) is 0 Å². The number of benzene rings is 1. The van der Waals surface area contributed by atoms with E-state index in [9.17, 15) is 14.4 Å². The van der Waals surface area contributed by atoms with Gasteiger partial charge in [0.15, 0.2) is 0 Å². The lowest BCUT2D eigenvalue weighted by atomic mass is 9.63. The zero-order valence-electron chi connectivity index (χ0n) is 14.3. The average Bonchev–Trinajstić information content (AvgIpc) is 2.89. The Labute approximate surface area is 146 Å². The van der Waals surface area contributed by atoms with Crippen LogP contribution in [0.3, 0.4) is 0 Å². The van der Waals surface area contributed by atoms with Crippen LogP contribution in [0.4, 0.5) is 5.69 Å². The molecule has 1 saturated heterocycles. The molecule has 1 aromatic carbocycles. The Balaban J connectivity index is 1.66. The van der Waals surface area contributed by atoms with Crippen LogP contribution in [0, 0.1) is 23.7 Å². The van der Waals surface area contributed by atoms with Crippen molar-refractivity contribution in [2.24, 2.45) is 23.7 Å². The van der Waals surface area contributed by atoms with Crippen LogP contribution in [0.5, 0.6) is 0 Å². The lowest BCUT2D eigenvalue weighted by Gasteiger charge is -2.38. The minimum absolute atomic E-state index is 0.136. The molecule has 130 valence electrons. The maximum atomic E-state index is 13.0. The highest BCUT2D eigenvalue weighted by atomic mass is 16.5. The van der Waals surface area contributed by atoms with Gasteiger partial charge in [-0.3, -0.25) is 9.59 Å². The van der Waals surface area contributed by atoms with Gasteiger partial charge in [0.25, 0.3) is 0 Å². The number of hydrogen-bond acceptors (Lipinski definition) is 4. The molecule has 3 aliphatic carbocycles. The zero-order chi connectivity index (χ0) is 17.7. The number of carbonyl (C=O) groups is 3. The number of imide groups is 1. The predicted octanol–water partition coefficient (Wildman–Crippen LogP) is 2.95. The number of carbonyl (C=O) groups excluding carboxylic acids is 3. The number of allylic oxidation sites excluding steroid dienone is 2. The lowest BCUT2D eigenvalue weighted by molar-refractivity contribution is -0.124. The first-order valence-electron chi connectivity index (χ1n) is 8.84. The summed E-state index contributed by atoms with van der Waals surface area (Å²) in [5.74, 6) is -0.900. The summed E-state index contributed by atoms with van der Waals surface area (Å²) in [5, 5.41) is 0. The molecular formula is C20H21NO4. The Bertz CT molecular complexity index is 750. The van der Waals surface area contributed by atoms with Gasteiger partial charge in [-0.05, 0) is 56.7 Å². The number of nitrogens with zero attached hydrogens (tertiary/aromatic N) is 1. The third kappa shape index (κ3) is 2.49. The van der Waals surface area contributed by atoms with Gasteiger partial charge in [-0.2, -0.15) is 0 Å². The number of amides is 2. The predicted molar refractivity (Wildman–Crippen MR) is 91.8 cm³/mol. The van der Waals surface area contributed by atoms with E-state index in [1.54, 1.807) is 38.1 Å². The molecule has 5 rings (SSSR count). The highest BCUT2D eigenvalue weighted by Crippen LogP contribution is 2.50. The molecule has 2 fully saturated rings. The standard InChI is InChI=1S/C20H21NO4/c1-11(2)25-20(24)14-4-3-5-15(10-14)21-18(22)16-12-6-7-13(9-8-12)17(16)19(21)23/h3-7,10-13,16-17H,8-9H2,1-2H3/t12-,13-,16-,17+/m0/s1. The fraction of sp³-hybridized carbons (Fsp3) is 0.450. The van der Waals surface area contributed by atoms with Crippen molar-refractivity contribution >= 4 is 23.5 Å². The van der Waals surface area contributed by atoms with Crippen LogP contribution in [0.15, 0.2) is 36.4 Å². The first-order chi connectivity index (χ1) is 12.0. The fourth-order valence-electron chi connectivity index (χ4n) is 4.38. The summed E-state index contributed by atoms with van der Waals surface area (Å²) in [6.45, 7) is 3.56. The van der Waals surface area contributed by atoms with Gasteiger partial charge in [0, 0.05) is 0 Å².